The van der Waals surface area contributed by atoms with Crippen LogP contribution in [0.1, 0.15) is 15.9 Å². The Morgan fingerprint density at radius 2 is 1.12 bits per heavy atom. The molecule has 0 saturated heterocycles. The van der Waals surface area contributed by atoms with Gasteiger partial charge in [0.1, 0.15) is 0 Å². The zero-order valence-corrected chi connectivity index (χ0v) is 13.0. The van der Waals surface area contributed by atoms with Crippen molar-refractivity contribution in [1.29, 1.82) is 0 Å². The van der Waals surface area contributed by atoms with Gasteiger partial charge in [0, 0.05) is 11.1 Å². The fourth-order valence-electron chi connectivity index (χ4n) is 3.74. The molecule has 0 aromatic heterocycles. The first-order valence-corrected chi connectivity index (χ1v) is 8.10. The van der Waals surface area contributed by atoms with Crippen LogP contribution in [-0.2, 0) is 0 Å². The molecule has 1 aliphatic carbocycles. The molecule has 24 heavy (non-hydrogen) atoms. The highest BCUT2D eigenvalue weighted by Crippen LogP contribution is 2.44. The maximum absolute atomic E-state index is 12.9. The van der Waals surface area contributed by atoms with Crippen LogP contribution in [0.5, 0.6) is 0 Å². The third kappa shape index (κ3) is 1.73. The highest BCUT2D eigenvalue weighted by molar-refractivity contribution is 6.28. The van der Waals surface area contributed by atoms with E-state index in [4.69, 9.17) is 0 Å². The van der Waals surface area contributed by atoms with Gasteiger partial charge in [0.15, 0.2) is 5.78 Å². The fourth-order valence-corrected chi connectivity index (χ4v) is 3.74. The van der Waals surface area contributed by atoms with Gasteiger partial charge in [0.05, 0.1) is 0 Å². The van der Waals surface area contributed by atoms with Crippen LogP contribution in [0.25, 0.3) is 33.0 Å². The standard InChI is InChI=1S/C23H14O/c24-23-19-13-7-5-11-17(19)21-14-20(15-8-2-1-3-9-15)16-10-4-6-12-18(16)22(21)23/h1-14H. The quantitative estimate of drug-likeness (QED) is 0.387. The molecular weight excluding hydrogens is 292 g/mol. The number of ketones is 1. The Labute approximate surface area is 140 Å². The van der Waals surface area contributed by atoms with Crippen LogP contribution in [0.3, 0.4) is 0 Å². The minimum Gasteiger partial charge on any atom is -0.289 e. The van der Waals surface area contributed by atoms with Crippen molar-refractivity contribution in [2.75, 3.05) is 0 Å². The molecular formula is C23H14O. The molecule has 4 aromatic carbocycles. The Hall–Kier alpha value is -3.19. The molecule has 112 valence electrons. The third-order valence-electron chi connectivity index (χ3n) is 4.82. The van der Waals surface area contributed by atoms with E-state index in [2.05, 4.69) is 42.5 Å². The molecule has 0 fully saturated rings. The molecule has 0 radical (unpaired) electrons. The number of hydrogen-bond acceptors (Lipinski definition) is 1. The van der Waals surface area contributed by atoms with Crippen molar-refractivity contribution in [3.8, 4) is 22.3 Å². The van der Waals surface area contributed by atoms with Crippen molar-refractivity contribution in [1.82, 2.24) is 0 Å². The molecule has 4 aromatic rings. The zero-order chi connectivity index (χ0) is 16.1. The van der Waals surface area contributed by atoms with Gasteiger partial charge in [0.25, 0.3) is 0 Å². The minimum atomic E-state index is 0.136. The molecule has 0 amide bonds. The lowest BCUT2D eigenvalue weighted by molar-refractivity contribution is 0.104. The van der Waals surface area contributed by atoms with Crippen molar-refractivity contribution < 1.29 is 4.79 Å². The van der Waals surface area contributed by atoms with E-state index in [1.54, 1.807) is 0 Å². The number of carbonyl (C=O) groups is 1. The summed E-state index contributed by atoms with van der Waals surface area (Å²) in [6.45, 7) is 0. The van der Waals surface area contributed by atoms with Crippen LogP contribution in [-0.4, -0.2) is 5.78 Å². The van der Waals surface area contributed by atoms with Gasteiger partial charge in [-0.05, 0) is 39.1 Å². The highest BCUT2D eigenvalue weighted by atomic mass is 16.1. The van der Waals surface area contributed by atoms with Crippen molar-refractivity contribution in [3.63, 3.8) is 0 Å². The lowest BCUT2D eigenvalue weighted by Gasteiger charge is -2.12. The van der Waals surface area contributed by atoms with E-state index < -0.39 is 0 Å². The first kappa shape index (κ1) is 13.3. The van der Waals surface area contributed by atoms with Crippen molar-refractivity contribution in [2.24, 2.45) is 0 Å². The zero-order valence-electron chi connectivity index (χ0n) is 13.0. The summed E-state index contributed by atoms with van der Waals surface area (Å²) in [7, 11) is 0. The van der Waals surface area contributed by atoms with Crippen molar-refractivity contribution in [3.05, 3.63) is 96.1 Å². The lowest BCUT2D eigenvalue weighted by Crippen LogP contribution is -1.97. The van der Waals surface area contributed by atoms with Crippen LogP contribution in [0.4, 0.5) is 0 Å². The summed E-state index contributed by atoms with van der Waals surface area (Å²) in [4.78, 5) is 12.9. The summed E-state index contributed by atoms with van der Waals surface area (Å²) in [5, 5.41) is 2.17. The molecule has 0 unspecified atom stereocenters. The Kier molecular flexibility index (Phi) is 2.71. The van der Waals surface area contributed by atoms with Crippen LogP contribution >= 0.6 is 0 Å². The maximum atomic E-state index is 12.9. The van der Waals surface area contributed by atoms with Crippen LogP contribution in [0, 0.1) is 0 Å². The molecule has 0 heterocycles. The Balaban J connectivity index is 1.94. The topological polar surface area (TPSA) is 17.1 Å². The van der Waals surface area contributed by atoms with E-state index in [0.717, 1.165) is 33.0 Å². The number of rotatable bonds is 1. The number of fused-ring (bicyclic) bond motifs is 5. The molecule has 1 nitrogen and oxygen atoms in total. The summed E-state index contributed by atoms with van der Waals surface area (Å²) in [6.07, 6.45) is 0. The SMILES string of the molecule is O=C1c2ccccc2-c2cc(-c3ccccc3)c3ccccc3c21. The van der Waals surface area contributed by atoms with Gasteiger partial charge in [-0.25, -0.2) is 0 Å². The van der Waals surface area contributed by atoms with Gasteiger partial charge in [-0.15, -0.1) is 0 Å². The molecule has 0 saturated carbocycles. The molecule has 0 atom stereocenters. The third-order valence-corrected chi connectivity index (χ3v) is 4.82. The van der Waals surface area contributed by atoms with Crippen LogP contribution in [0.2, 0.25) is 0 Å². The van der Waals surface area contributed by atoms with Crippen molar-refractivity contribution >= 4 is 16.6 Å². The van der Waals surface area contributed by atoms with E-state index in [9.17, 15) is 4.79 Å². The summed E-state index contributed by atoms with van der Waals surface area (Å²) < 4.78 is 0. The Morgan fingerprint density at radius 3 is 1.92 bits per heavy atom. The largest absolute Gasteiger partial charge is 0.289 e. The van der Waals surface area contributed by atoms with E-state index in [0.29, 0.717) is 0 Å². The molecule has 0 bridgehead atoms. The molecule has 0 aliphatic heterocycles. The smallest absolute Gasteiger partial charge is 0.194 e. The van der Waals surface area contributed by atoms with Gasteiger partial charge in [0.2, 0.25) is 0 Å². The Bertz CT molecular complexity index is 1110. The summed E-state index contributed by atoms with van der Waals surface area (Å²) in [5.74, 6) is 0.136. The second kappa shape index (κ2) is 4.90. The summed E-state index contributed by atoms with van der Waals surface area (Å²) in [6, 6.07) is 28.7. The van der Waals surface area contributed by atoms with Crippen LogP contribution < -0.4 is 0 Å². The van der Waals surface area contributed by atoms with Gasteiger partial charge in [-0.2, -0.15) is 0 Å². The van der Waals surface area contributed by atoms with Gasteiger partial charge >= 0.3 is 0 Å². The van der Waals surface area contributed by atoms with E-state index in [-0.39, 0.29) is 5.78 Å². The fraction of sp³-hybridized carbons (Fsp3) is 0. The van der Waals surface area contributed by atoms with Gasteiger partial charge in [-0.1, -0.05) is 78.9 Å². The molecule has 5 rings (SSSR count). The predicted octanol–water partition coefficient (Wildman–Crippen LogP) is 5.72. The molecule has 0 N–H and O–H groups in total. The van der Waals surface area contributed by atoms with Gasteiger partial charge in [-0.3, -0.25) is 4.79 Å². The van der Waals surface area contributed by atoms with Crippen LogP contribution in [0.15, 0.2) is 84.9 Å². The molecule has 0 spiro atoms. The van der Waals surface area contributed by atoms with E-state index in [1.807, 2.05) is 42.5 Å². The van der Waals surface area contributed by atoms with E-state index in [1.165, 1.54) is 11.1 Å². The second-order valence-corrected chi connectivity index (χ2v) is 6.13. The summed E-state index contributed by atoms with van der Waals surface area (Å²) >= 11 is 0. The van der Waals surface area contributed by atoms with Gasteiger partial charge < -0.3 is 0 Å². The number of hydrogen-bond donors (Lipinski definition) is 0. The Morgan fingerprint density at radius 1 is 0.500 bits per heavy atom. The minimum absolute atomic E-state index is 0.136. The maximum Gasteiger partial charge on any atom is 0.194 e. The summed E-state index contributed by atoms with van der Waals surface area (Å²) in [5.41, 5.74) is 6.09. The molecule has 1 heteroatoms. The first-order chi connectivity index (χ1) is 11.8. The average molecular weight is 306 g/mol. The second-order valence-electron chi connectivity index (χ2n) is 6.13. The number of carbonyl (C=O) groups excluding carboxylic acids is 1. The first-order valence-electron chi connectivity index (χ1n) is 8.10. The van der Waals surface area contributed by atoms with E-state index >= 15 is 0 Å². The lowest BCUT2D eigenvalue weighted by atomic mass is 9.91. The number of benzene rings is 4. The normalized spacial score (nSPS) is 12.2. The van der Waals surface area contributed by atoms with Crippen molar-refractivity contribution in [2.45, 2.75) is 0 Å². The predicted molar refractivity (Wildman–Crippen MR) is 98.3 cm³/mol. The monoisotopic (exact) mass is 306 g/mol. The highest BCUT2D eigenvalue weighted by Gasteiger charge is 2.29. The molecule has 1 aliphatic rings. The average Bonchev–Trinajstić information content (AvgIpc) is 2.95.